The van der Waals surface area contributed by atoms with Crippen LogP contribution in [0.1, 0.15) is 6.92 Å². The first-order valence-electron chi connectivity index (χ1n) is 2.29. The summed E-state index contributed by atoms with van der Waals surface area (Å²) in [6, 6.07) is 0. The molecule has 1 N–H and O–H groups in total. The third-order valence-electron chi connectivity index (χ3n) is 0.542. The van der Waals surface area contributed by atoms with Crippen molar-refractivity contribution in [3.63, 3.8) is 0 Å². The van der Waals surface area contributed by atoms with E-state index in [1.54, 1.807) is 12.2 Å². The molecule has 0 radical (unpaired) electrons. The van der Waals surface area contributed by atoms with Crippen molar-refractivity contribution >= 4 is 5.97 Å². The molecule has 0 aliphatic heterocycles. The summed E-state index contributed by atoms with van der Waals surface area (Å²) in [6.45, 7) is 1.83. The molecule has 44 valence electrons. The monoisotopic (exact) mass is 112 g/mol. The van der Waals surface area contributed by atoms with Crippen molar-refractivity contribution in [2.24, 2.45) is 0 Å². The molecule has 0 aromatic carbocycles. The van der Waals surface area contributed by atoms with Gasteiger partial charge in [-0.1, -0.05) is 18.2 Å². The second kappa shape index (κ2) is 4.12. The lowest BCUT2D eigenvalue weighted by molar-refractivity contribution is -0.131. The van der Waals surface area contributed by atoms with Crippen LogP contribution in [0.5, 0.6) is 0 Å². The van der Waals surface area contributed by atoms with Gasteiger partial charge in [-0.25, -0.2) is 4.79 Å². The molecule has 0 aromatic rings. The van der Waals surface area contributed by atoms with Crippen LogP contribution in [0.25, 0.3) is 0 Å². The van der Waals surface area contributed by atoms with Crippen molar-refractivity contribution in [3.05, 3.63) is 24.3 Å². The predicted octanol–water partition coefficient (Wildman–Crippen LogP) is 1.20. The fourth-order valence-electron chi connectivity index (χ4n) is 0.249. The topological polar surface area (TPSA) is 37.3 Å². The number of hydrogen-bond donors (Lipinski definition) is 1. The molecule has 2 nitrogen and oxygen atoms in total. The van der Waals surface area contributed by atoms with Crippen LogP contribution >= 0.6 is 0 Å². The van der Waals surface area contributed by atoms with Crippen molar-refractivity contribution in [1.29, 1.82) is 0 Å². The van der Waals surface area contributed by atoms with E-state index in [9.17, 15) is 4.79 Å². The summed E-state index contributed by atoms with van der Waals surface area (Å²) in [5.74, 6) is -0.914. The average Bonchev–Trinajstić information content (AvgIpc) is 1.66. The second-order valence-electron chi connectivity index (χ2n) is 1.22. The minimum Gasteiger partial charge on any atom is -0.478 e. The largest absolute Gasteiger partial charge is 0.478 e. The van der Waals surface area contributed by atoms with E-state index in [1.165, 1.54) is 6.08 Å². The summed E-state index contributed by atoms with van der Waals surface area (Å²) in [5, 5.41) is 8.02. The van der Waals surface area contributed by atoms with Crippen LogP contribution < -0.4 is 0 Å². The van der Waals surface area contributed by atoms with E-state index >= 15 is 0 Å². The van der Waals surface area contributed by atoms with Crippen LogP contribution in [0.4, 0.5) is 0 Å². The SMILES string of the molecule is CC=C/C=C/C(=O)O. The first kappa shape index (κ1) is 6.95. The highest BCUT2D eigenvalue weighted by Crippen LogP contribution is 1.74. The molecule has 0 bridgehead atoms. The van der Waals surface area contributed by atoms with Crippen LogP contribution in [0.3, 0.4) is 0 Å². The molecule has 8 heavy (non-hydrogen) atoms. The second-order valence-corrected chi connectivity index (χ2v) is 1.22. The molecular formula is C6H8O2. The van der Waals surface area contributed by atoms with E-state index in [2.05, 4.69) is 0 Å². The fourth-order valence-corrected chi connectivity index (χ4v) is 0.249. The maximum atomic E-state index is 9.75. The van der Waals surface area contributed by atoms with Crippen molar-refractivity contribution < 1.29 is 9.90 Å². The molecule has 0 saturated carbocycles. The Kier molecular flexibility index (Phi) is 3.58. The van der Waals surface area contributed by atoms with E-state index in [0.717, 1.165) is 6.08 Å². The highest BCUT2D eigenvalue weighted by atomic mass is 16.4. The van der Waals surface area contributed by atoms with Gasteiger partial charge in [0.15, 0.2) is 0 Å². The highest BCUT2D eigenvalue weighted by Gasteiger charge is 1.78. The van der Waals surface area contributed by atoms with E-state index in [4.69, 9.17) is 5.11 Å². The van der Waals surface area contributed by atoms with Gasteiger partial charge in [0, 0.05) is 6.08 Å². The molecule has 0 spiro atoms. The summed E-state index contributed by atoms with van der Waals surface area (Å²) < 4.78 is 0. The van der Waals surface area contributed by atoms with Crippen LogP contribution in [0.15, 0.2) is 24.3 Å². The molecule has 0 rings (SSSR count). The number of aliphatic carboxylic acids is 1. The summed E-state index contributed by atoms with van der Waals surface area (Å²) in [5.41, 5.74) is 0. The zero-order chi connectivity index (χ0) is 6.41. The first-order valence-corrected chi connectivity index (χ1v) is 2.29. The van der Waals surface area contributed by atoms with Gasteiger partial charge in [-0.15, -0.1) is 0 Å². The third-order valence-corrected chi connectivity index (χ3v) is 0.542. The molecule has 0 amide bonds. The lowest BCUT2D eigenvalue weighted by Crippen LogP contribution is -1.83. The van der Waals surface area contributed by atoms with Crippen LogP contribution in [0, 0.1) is 0 Å². The molecule has 0 aliphatic carbocycles. The molecule has 0 aliphatic rings. The lowest BCUT2D eigenvalue weighted by atomic mass is 10.4. The summed E-state index contributed by atoms with van der Waals surface area (Å²) in [4.78, 5) is 9.75. The van der Waals surface area contributed by atoms with Gasteiger partial charge < -0.3 is 5.11 Å². The maximum Gasteiger partial charge on any atom is 0.328 e. The molecule has 0 fully saturated rings. The Bertz CT molecular complexity index is 122. The predicted molar refractivity (Wildman–Crippen MR) is 31.6 cm³/mol. The van der Waals surface area contributed by atoms with Gasteiger partial charge in [-0.3, -0.25) is 0 Å². The van der Waals surface area contributed by atoms with Gasteiger partial charge in [-0.2, -0.15) is 0 Å². The van der Waals surface area contributed by atoms with E-state index < -0.39 is 5.97 Å². The van der Waals surface area contributed by atoms with Crippen molar-refractivity contribution in [3.8, 4) is 0 Å². The third kappa shape index (κ3) is 4.95. The summed E-state index contributed by atoms with van der Waals surface area (Å²) in [7, 11) is 0. The molecule has 0 saturated heterocycles. The molecule has 0 aromatic heterocycles. The quantitative estimate of drug-likeness (QED) is 0.430. The van der Waals surface area contributed by atoms with Gasteiger partial charge in [0.2, 0.25) is 0 Å². The van der Waals surface area contributed by atoms with Crippen molar-refractivity contribution in [2.45, 2.75) is 6.92 Å². The number of carboxylic acids is 1. The number of hydrogen-bond acceptors (Lipinski definition) is 1. The zero-order valence-electron chi connectivity index (χ0n) is 4.66. The Morgan fingerprint density at radius 3 is 2.50 bits per heavy atom. The Labute approximate surface area is 48.1 Å². The van der Waals surface area contributed by atoms with Crippen molar-refractivity contribution in [1.82, 2.24) is 0 Å². The minimum absolute atomic E-state index is 0.914. The minimum atomic E-state index is -0.914. The lowest BCUT2D eigenvalue weighted by Gasteiger charge is -1.72. The fraction of sp³-hybridized carbons (Fsp3) is 0.167. The molecule has 0 unspecified atom stereocenters. The standard InChI is InChI=1S/C6H8O2/c1-2-3-4-5-6(7)8/h2-5H,1H3,(H,7,8)/b3-2?,5-4+. The molecule has 0 atom stereocenters. The van der Waals surface area contributed by atoms with Crippen LogP contribution in [-0.4, -0.2) is 11.1 Å². The van der Waals surface area contributed by atoms with Gasteiger partial charge in [-0.05, 0) is 6.92 Å². The normalized spacial score (nSPS) is 11.1. The Morgan fingerprint density at radius 1 is 1.50 bits per heavy atom. The van der Waals surface area contributed by atoms with Gasteiger partial charge >= 0.3 is 5.97 Å². The smallest absolute Gasteiger partial charge is 0.328 e. The number of allylic oxidation sites excluding steroid dienone is 3. The van der Waals surface area contributed by atoms with E-state index in [-0.39, 0.29) is 0 Å². The van der Waals surface area contributed by atoms with E-state index in [0.29, 0.717) is 0 Å². The number of rotatable bonds is 2. The first-order chi connectivity index (χ1) is 3.77. The molecule has 0 heterocycles. The maximum absolute atomic E-state index is 9.75. The Hall–Kier alpha value is -1.05. The van der Waals surface area contributed by atoms with Gasteiger partial charge in [0.1, 0.15) is 0 Å². The molecular weight excluding hydrogens is 104 g/mol. The number of carbonyl (C=O) groups is 1. The van der Waals surface area contributed by atoms with Gasteiger partial charge in [0.05, 0.1) is 0 Å². The highest BCUT2D eigenvalue weighted by molar-refractivity contribution is 5.80. The Morgan fingerprint density at radius 2 is 2.12 bits per heavy atom. The summed E-state index contributed by atoms with van der Waals surface area (Å²) in [6.07, 6.45) is 5.98. The van der Waals surface area contributed by atoms with E-state index in [1.807, 2.05) is 6.92 Å². The zero-order valence-corrected chi connectivity index (χ0v) is 4.66. The molecule has 2 heteroatoms. The summed E-state index contributed by atoms with van der Waals surface area (Å²) >= 11 is 0. The van der Waals surface area contributed by atoms with Crippen molar-refractivity contribution in [2.75, 3.05) is 0 Å². The number of carboxylic acid groups (broad SMARTS) is 1. The van der Waals surface area contributed by atoms with Crippen LogP contribution in [-0.2, 0) is 4.79 Å². The Balaban J connectivity index is 3.50. The average molecular weight is 112 g/mol. The van der Waals surface area contributed by atoms with Gasteiger partial charge in [0.25, 0.3) is 0 Å². The van der Waals surface area contributed by atoms with Crippen LogP contribution in [0.2, 0.25) is 0 Å².